The second-order valence-corrected chi connectivity index (χ2v) is 5.31. The molecule has 0 N–H and O–H groups in total. The van der Waals surface area contributed by atoms with Crippen LogP contribution in [0.2, 0.25) is 0 Å². The molecule has 0 saturated heterocycles. The average Bonchev–Trinajstić information content (AvgIpc) is 2.47. The fraction of sp³-hybridized carbons (Fsp3) is 0.600. The van der Waals surface area contributed by atoms with Crippen LogP contribution in [0, 0.1) is 0 Å². The molecule has 0 aliphatic heterocycles. The van der Waals surface area contributed by atoms with Crippen LogP contribution in [-0.4, -0.2) is 11.0 Å². The van der Waals surface area contributed by atoms with Crippen LogP contribution < -0.4 is 24.8 Å². The van der Waals surface area contributed by atoms with Gasteiger partial charge in [0.2, 0.25) is 0 Å². The Bertz CT molecular complexity index is 214. The number of rotatable bonds is 4. The summed E-state index contributed by atoms with van der Waals surface area (Å²) in [6.07, 6.45) is 7.03. The summed E-state index contributed by atoms with van der Waals surface area (Å²) in [6, 6.07) is 0. The van der Waals surface area contributed by atoms with E-state index in [1.807, 2.05) is 0 Å². The van der Waals surface area contributed by atoms with Crippen LogP contribution in [0.15, 0.2) is 21.6 Å². The van der Waals surface area contributed by atoms with Crippen molar-refractivity contribution in [2.24, 2.45) is 0 Å². The fourth-order valence-electron chi connectivity index (χ4n) is 1.45. The Hall–Kier alpha value is 1.12. The second-order valence-electron chi connectivity index (χ2n) is 2.89. The smallest absolute Gasteiger partial charge is 1.00 e. The topological polar surface area (TPSA) is 0 Å². The van der Waals surface area contributed by atoms with Gasteiger partial charge in [-0.3, -0.25) is 0 Å². The van der Waals surface area contributed by atoms with Gasteiger partial charge in [-0.05, 0) is 0 Å². The van der Waals surface area contributed by atoms with Gasteiger partial charge < -0.3 is 24.8 Å². The zero-order valence-electron chi connectivity index (χ0n) is 8.52. The minimum Gasteiger partial charge on any atom is -1.00 e. The van der Waals surface area contributed by atoms with Crippen LogP contribution in [0.3, 0.4) is 0 Å². The van der Waals surface area contributed by atoms with Crippen LogP contribution in [0.1, 0.15) is 26.7 Å². The minimum atomic E-state index is 0. The summed E-state index contributed by atoms with van der Waals surface area (Å²) >= 11 is 4.33. The Morgan fingerprint density at radius 3 is 2.43 bits per heavy atom. The number of allylic oxidation sites excluding steroid dienone is 3. The first kappa shape index (κ1) is 17.5. The van der Waals surface area contributed by atoms with Gasteiger partial charge in [0.25, 0.3) is 0 Å². The van der Waals surface area contributed by atoms with E-state index in [0.717, 1.165) is 5.25 Å². The molecule has 0 radical (unpaired) electrons. The molecule has 14 heavy (non-hydrogen) atoms. The summed E-state index contributed by atoms with van der Waals surface area (Å²) in [6.45, 7) is 4.52. The number of thioether (sulfide) groups is 1. The third-order valence-electron chi connectivity index (χ3n) is 2.05. The van der Waals surface area contributed by atoms with Crippen LogP contribution in [0.5, 0.6) is 0 Å². The van der Waals surface area contributed by atoms with Crippen molar-refractivity contribution in [1.29, 1.82) is 0 Å². The van der Waals surface area contributed by atoms with Gasteiger partial charge >= 0.3 is 91.5 Å². The molecule has 4 heteroatoms. The van der Waals surface area contributed by atoms with Crippen molar-refractivity contribution < 1.29 is 45.2 Å². The van der Waals surface area contributed by atoms with Crippen molar-refractivity contribution in [2.45, 2.75) is 31.9 Å². The number of hydrogen-bond donors (Lipinski definition) is 0. The molecule has 0 amide bonds. The first-order chi connectivity index (χ1) is 5.79. The number of halogens is 2. The van der Waals surface area contributed by atoms with Crippen molar-refractivity contribution in [3.8, 4) is 0 Å². The molecular weight excluding hydrogens is 271 g/mol. The molecule has 1 aliphatic carbocycles. The van der Waals surface area contributed by atoms with E-state index in [2.05, 4.69) is 58.2 Å². The molecule has 0 aromatic carbocycles. The summed E-state index contributed by atoms with van der Waals surface area (Å²) in [4.78, 5) is 0. The van der Waals surface area contributed by atoms with Crippen LogP contribution in [0.25, 0.3) is 0 Å². The quantitative estimate of drug-likeness (QED) is 0.506. The molecule has 0 nitrogen and oxygen atoms in total. The Kier molecular flexibility index (Phi) is 11.7. The van der Waals surface area contributed by atoms with Gasteiger partial charge in [-0.15, -0.1) is 0 Å². The Morgan fingerprint density at radius 1 is 1.43 bits per heavy atom. The molecule has 0 fully saturated rings. The number of hydrogen-bond acceptors (Lipinski definition) is 1. The molecule has 0 aromatic heterocycles. The summed E-state index contributed by atoms with van der Waals surface area (Å²) in [5, 5.41) is 0.744. The monoisotopic (exact) mass is 285 g/mol. The minimum absolute atomic E-state index is 0. The van der Waals surface area contributed by atoms with Crippen molar-refractivity contribution >= 4 is 11.8 Å². The van der Waals surface area contributed by atoms with Gasteiger partial charge in [0.05, 0.1) is 0 Å². The molecule has 1 atom stereocenters. The van der Waals surface area contributed by atoms with Crippen molar-refractivity contribution in [3.63, 3.8) is 0 Å². The first-order valence-electron chi connectivity index (χ1n) is 4.52. The molecule has 0 spiro atoms. The maximum absolute atomic E-state index is 2.31. The van der Waals surface area contributed by atoms with Gasteiger partial charge in [0, 0.05) is 0 Å². The molecular formula is C10H15Cl2STi. The van der Waals surface area contributed by atoms with E-state index in [-0.39, 0.29) is 24.8 Å². The molecule has 1 rings (SSSR count). The summed E-state index contributed by atoms with van der Waals surface area (Å²) in [5.74, 6) is 1.23. The fourth-order valence-corrected chi connectivity index (χ4v) is 3.24. The van der Waals surface area contributed by atoms with E-state index < -0.39 is 0 Å². The second kappa shape index (κ2) is 9.36. The van der Waals surface area contributed by atoms with Gasteiger partial charge in [-0.2, -0.15) is 0 Å². The summed E-state index contributed by atoms with van der Waals surface area (Å²) in [5.41, 5.74) is 1.59. The third kappa shape index (κ3) is 4.76. The van der Waals surface area contributed by atoms with E-state index >= 15 is 0 Å². The van der Waals surface area contributed by atoms with Crippen molar-refractivity contribution in [1.82, 2.24) is 0 Å². The largest absolute Gasteiger partial charge is 1.00 e. The van der Waals surface area contributed by atoms with E-state index in [0.29, 0.717) is 0 Å². The molecule has 0 heterocycles. The Labute approximate surface area is 116 Å². The normalized spacial score (nSPS) is 16.3. The predicted molar refractivity (Wildman–Crippen MR) is 53.0 cm³/mol. The predicted octanol–water partition coefficient (Wildman–Crippen LogP) is -2.71. The van der Waals surface area contributed by atoms with Gasteiger partial charge in [-0.25, -0.2) is 0 Å². The average molecular weight is 286 g/mol. The van der Waals surface area contributed by atoms with Crippen LogP contribution in [-0.2, 0) is 20.4 Å². The van der Waals surface area contributed by atoms with Crippen molar-refractivity contribution in [3.05, 3.63) is 21.6 Å². The molecule has 0 saturated carbocycles. The van der Waals surface area contributed by atoms with E-state index in [1.54, 1.807) is 9.45 Å². The van der Waals surface area contributed by atoms with Crippen LogP contribution in [0.4, 0.5) is 0 Å². The summed E-state index contributed by atoms with van der Waals surface area (Å²) in [7, 11) is 0. The van der Waals surface area contributed by atoms with E-state index in [1.165, 1.54) is 18.6 Å². The third-order valence-corrected chi connectivity index (χ3v) is 4.15. The van der Waals surface area contributed by atoms with Gasteiger partial charge in [0.15, 0.2) is 0 Å². The Balaban J connectivity index is 0. The molecule has 79 valence electrons. The van der Waals surface area contributed by atoms with Crippen LogP contribution >= 0.6 is 11.8 Å². The zero-order chi connectivity index (χ0) is 8.97. The van der Waals surface area contributed by atoms with E-state index in [4.69, 9.17) is 0 Å². The Morgan fingerprint density at radius 2 is 2.07 bits per heavy atom. The first-order valence-corrected chi connectivity index (χ1v) is 6.35. The maximum atomic E-state index is 2.31. The van der Waals surface area contributed by atoms with E-state index in [9.17, 15) is 0 Å². The van der Waals surface area contributed by atoms with Gasteiger partial charge in [-0.1, -0.05) is 0 Å². The maximum Gasteiger partial charge on any atom is -1.00 e. The van der Waals surface area contributed by atoms with Crippen molar-refractivity contribution in [2.75, 3.05) is 5.75 Å². The molecule has 0 bridgehead atoms. The summed E-state index contributed by atoms with van der Waals surface area (Å²) < 4.78 is 1.57. The van der Waals surface area contributed by atoms with Gasteiger partial charge in [0.1, 0.15) is 0 Å². The standard InChI is InChI=1S/C10H15S.2ClH.Ti/c1-3-10(11-4-2)9-7-5-6-8-9;;;/h5,7,10H,3-4,6H2,1-2H3;2*1H;/q;;;+2/p-2. The molecule has 0 aromatic rings. The SMILES string of the molecule is CCSC(CC)C1=[C]([Ti+2])CC=C1.[Cl-].[Cl-]. The molecule has 1 unspecified atom stereocenters. The molecule has 1 aliphatic rings. The zero-order valence-corrected chi connectivity index (χ0v) is 12.4.